The van der Waals surface area contributed by atoms with Gasteiger partial charge in [0.15, 0.2) is 5.78 Å². The van der Waals surface area contributed by atoms with Crippen LogP contribution in [0.4, 0.5) is 0 Å². The van der Waals surface area contributed by atoms with E-state index < -0.39 is 0 Å². The minimum absolute atomic E-state index is 0.0481. The Morgan fingerprint density at radius 2 is 1.64 bits per heavy atom. The Bertz CT molecular complexity index is 840. The molecule has 3 aromatic carbocycles. The van der Waals surface area contributed by atoms with Crippen molar-refractivity contribution in [2.75, 3.05) is 7.11 Å². The minimum atomic E-state index is 0.0481. The fourth-order valence-corrected chi connectivity index (χ4v) is 2.81. The van der Waals surface area contributed by atoms with Gasteiger partial charge >= 0.3 is 0 Å². The molecule has 0 saturated carbocycles. The Morgan fingerprint density at radius 1 is 0.955 bits per heavy atom. The molecule has 0 spiro atoms. The van der Waals surface area contributed by atoms with Crippen molar-refractivity contribution in [2.24, 2.45) is 0 Å². The van der Waals surface area contributed by atoms with Crippen LogP contribution in [0.2, 0.25) is 5.02 Å². The third-order valence-corrected chi connectivity index (χ3v) is 4.08. The van der Waals surface area contributed by atoms with Crippen molar-refractivity contribution >= 4 is 28.2 Å². The Kier molecular flexibility index (Phi) is 4.12. The van der Waals surface area contributed by atoms with E-state index in [-0.39, 0.29) is 12.2 Å². The molecule has 0 saturated heterocycles. The molecule has 0 radical (unpaired) electrons. The highest BCUT2D eigenvalue weighted by Gasteiger charge is 2.14. The highest BCUT2D eigenvalue weighted by atomic mass is 35.5. The second kappa shape index (κ2) is 6.20. The number of methoxy groups -OCH3 is 1. The van der Waals surface area contributed by atoms with Gasteiger partial charge in [0.25, 0.3) is 0 Å². The van der Waals surface area contributed by atoms with E-state index in [1.54, 1.807) is 13.2 Å². The molecule has 0 aliphatic carbocycles. The number of hydrogen-bond donors (Lipinski definition) is 0. The average Bonchev–Trinajstić information content (AvgIpc) is 2.56. The largest absolute Gasteiger partial charge is 0.496 e. The molecule has 2 nitrogen and oxygen atoms in total. The first-order chi connectivity index (χ1) is 10.7. The van der Waals surface area contributed by atoms with Crippen LogP contribution in [-0.4, -0.2) is 12.9 Å². The van der Waals surface area contributed by atoms with E-state index in [0.29, 0.717) is 10.6 Å². The molecule has 0 aliphatic rings. The van der Waals surface area contributed by atoms with Crippen LogP contribution >= 0.6 is 11.6 Å². The molecule has 3 aromatic rings. The van der Waals surface area contributed by atoms with Crippen molar-refractivity contribution in [1.82, 2.24) is 0 Å². The summed E-state index contributed by atoms with van der Waals surface area (Å²) in [6.45, 7) is 0. The van der Waals surface area contributed by atoms with Gasteiger partial charge in [0.2, 0.25) is 0 Å². The number of ether oxygens (including phenoxy) is 1. The van der Waals surface area contributed by atoms with E-state index in [1.165, 1.54) is 0 Å². The number of rotatable bonds is 4. The molecular formula is C19H15ClO2. The van der Waals surface area contributed by atoms with Gasteiger partial charge < -0.3 is 4.74 Å². The Labute approximate surface area is 134 Å². The molecule has 0 aromatic heterocycles. The normalized spacial score (nSPS) is 10.6. The van der Waals surface area contributed by atoms with E-state index in [1.807, 2.05) is 54.6 Å². The number of ketones is 1. The van der Waals surface area contributed by atoms with Crippen LogP contribution in [0, 0.1) is 0 Å². The first kappa shape index (κ1) is 14.6. The summed E-state index contributed by atoms with van der Waals surface area (Å²) < 4.78 is 5.37. The molecule has 3 heteroatoms. The van der Waals surface area contributed by atoms with Gasteiger partial charge in [-0.25, -0.2) is 0 Å². The highest BCUT2D eigenvalue weighted by Crippen LogP contribution is 2.29. The number of carbonyl (C=O) groups excluding carboxylic acids is 1. The summed E-state index contributed by atoms with van der Waals surface area (Å²) in [6, 6.07) is 18.9. The van der Waals surface area contributed by atoms with Crippen molar-refractivity contribution in [1.29, 1.82) is 0 Å². The molecule has 0 aliphatic heterocycles. The topological polar surface area (TPSA) is 26.3 Å². The second-order valence-corrected chi connectivity index (χ2v) is 5.46. The van der Waals surface area contributed by atoms with Crippen molar-refractivity contribution in [3.05, 3.63) is 76.8 Å². The molecule has 0 amide bonds. The predicted molar refractivity (Wildman–Crippen MR) is 90.0 cm³/mol. The highest BCUT2D eigenvalue weighted by molar-refractivity contribution is 6.31. The maximum absolute atomic E-state index is 12.7. The summed E-state index contributed by atoms with van der Waals surface area (Å²) in [4.78, 5) is 12.7. The van der Waals surface area contributed by atoms with E-state index in [2.05, 4.69) is 0 Å². The van der Waals surface area contributed by atoms with Crippen LogP contribution < -0.4 is 4.74 Å². The van der Waals surface area contributed by atoms with Crippen LogP contribution in [0.1, 0.15) is 15.9 Å². The predicted octanol–water partition coefficient (Wildman–Crippen LogP) is 4.93. The van der Waals surface area contributed by atoms with Crippen LogP contribution in [0.3, 0.4) is 0 Å². The lowest BCUT2D eigenvalue weighted by Crippen LogP contribution is -2.05. The maximum Gasteiger partial charge on any atom is 0.167 e. The molecule has 0 unspecified atom stereocenters. The molecular weight excluding hydrogens is 296 g/mol. The quantitative estimate of drug-likeness (QED) is 0.639. The molecule has 0 fully saturated rings. The number of benzene rings is 3. The summed E-state index contributed by atoms with van der Waals surface area (Å²) in [6.07, 6.45) is 0.288. The number of halogens is 1. The van der Waals surface area contributed by atoms with Crippen LogP contribution in [0.15, 0.2) is 60.7 Å². The van der Waals surface area contributed by atoms with Gasteiger partial charge in [0.05, 0.1) is 7.11 Å². The molecule has 0 bridgehead atoms. The summed E-state index contributed by atoms with van der Waals surface area (Å²) in [7, 11) is 1.63. The average molecular weight is 311 g/mol. The molecule has 0 N–H and O–H groups in total. The lowest BCUT2D eigenvalue weighted by molar-refractivity contribution is 0.0994. The van der Waals surface area contributed by atoms with Gasteiger partial charge in [0, 0.05) is 22.4 Å². The van der Waals surface area contributed by atoms with Crippen LogP contribution in [0.5, 0.6) is 5.75 Å². The maximum atomic E-state index is 12.7. The molecule has 22 heavy (non-hydrogen) atoms. The van der Waals surface area contributed by atoms with Crippen LogP contribution in [0.25, 0.3) is 10.8 Å². The minimum Gasteiger partial charge on any atom is -0.496 e. The van der Waals surface area contributed by atoms with Gasteiger partial charge in [-0.1, -0.05) is 54.1 Å². The number of hydrogen-bond acceptors (Lipinski definition) is 2. The fourth-order valence-electron chi connectivity index (χ4n) is 2.60. The number of carbonyl (C=O) groups is 1. The lowest BCUT2D eigenvalue weighted by atomic mass is 9.97. The molecule has 0 atom stereocenters. The molecule has 0 heterocycles. The Balaban J connectivity index is 2.03. The van der Waals surface area contributed by atoms with E-state index >= 15 is 0 Å². The SMILES string of the molecule is COc1ccc(C(=O)Cc2ccccc2Cl)c2ccccc12. The molecule has 3 rings (SSSR count). The summed E-state index contributed by atoms with van der Waals surface area (Å²) >= 11 is 6.15. The van der Waals surface area contributed by atoms with Gasteiger partial charge in [0.1, 0.15) is 5.75 Å². The van der Waals surface area contributed by atoms with Gasteiger partial charge in [-0.3, -0.25) is 4.79 Å². The van der Waals surface area contributed by atoms with Crippen molar-refractivity contribution in [3.63, 3.8) is 0 Å². The third-order valence-electron chi connectivity index (χ3n) is 3.71. The standard InChI is InChI=1S/C19H15ClO2/c1-22-19-11-10-15(14-7-3-4-8-16(14)19)18(21)12-13-6-2-5-9-17(13)20/h2-11H,12H2,1H3. The summed E-state index contributed by atoms with van der Waals surface area (Å²) in [5, 5.41) is 2.46. The second-order valence-electron chi connectivity index (χ2n) is 5.05. The lowest BCUT2D eigenvalue weighted by Gasteiger charge is -2.10. The third kappa shape index (κ3) is 2.70. The monoisotopic (exact) mass is 310 g/mol. The molecule has 110 valence electrons. The number of Topliss-reactive ketones (excluding diaryl/α,β-unsaturated/α-hetero) is 1. The first-order valence-corrected chi connectivity index (χ1v) is 7.41. The smallest absolute Gasteiger partial charge is 0.167 e. The van der Waals surface area contributed by atoms with Crippen molar-refractivity contribution in [2.45, 2.75) is 6.42 Å². The summed E-state index contributed by atoms with van der Waals surface area (Å²) in [5.74, 6) is 0.817. The number of fused-ring (bicyclic) bond motifs is 1. The Morgan fingerprint density at radius 3 is 2.36 bits per heavy atom. The van der Waals surface area contributed by atoms with E-state index in [4.69, 9.17) is 16.3 Å². The zero-order valence-corrected chi connectivity index (χ0v) is 12.9. The zero-order chi connectivity index (χ0) is 15.5. The van der Waals surface area contributed by atoms with Gasteiger partial charge in [-0.15, -0.1) is 0 Å². The van der Waals surface area contributed by atoms with Gasteiger partial charge in [-0.05, 0) is 29.1 Å². The van der Waals surface area contributed by atoms with Crippen LogP contribution in [-0.2, 0) is 6.42 Å². The van der Waals surface area contributed by atoms with Gasteiger partial charge in [-0.2, -0.15) is 0 Å². The summed E-state index contributed by atoms with van der Waals surface area (Å²) in [5.41, 5.74) is 1.53. The zero-order valence-electron chi connectivity index (χ0n) is 12.2. The first-order valence-electron chi connectivity index (χ1n) is 7.03. The van der Waals surface area contributed by atoms with E-state index in [0.717, 1.165) is 22.1 Å². The fraction of sp³-hybridized carbons (Fsp3) is 0.105. The van der Waals surface area contributed by atoms with E-state index in [9.17, 15) is 4.79 Å². The van der Waals surface area contributed by atoms with Crippen molar-refractivity contribution in [3.8, 4) is 5.75 Å². The Hall–Kier alpha value is -2.32. The van der Waals surface area contributed by atoms with Crippen molar-refractivity contribution < 1.29 is 9.53 Å².